The summed E-state index contributed by atoms with van der Waals surface area (Å²) in [5.74, 6) is 1.41. The molecular formula is C22H25NO3. The highest BCUT2D eigenvalue weighted by Crippen LogP contribution is 2.63. The van der Waals surface area contributed by atoms with Gasteiger partial charge in [0.2, 0.25) is 0 Å². The van der Waals surface area contributed by atoms with Crippen LogP contribution in [0.25, 0.3) is 10.8 Å². The second-order valence-electron chi connectivity index (χ2n) is 9.18. The third-order valence-corrected chi connectivity index (χ3v) is 7.15. The van der Waals surface area contributed by atoms with Crippen molar-refractivity contribution in [2.45, 2.75) is 57.0 Å². The quantitative estimate of drug-likeness (QED) is 0.823. The van der Waals surface area contributed by atoms with Gasteiger partial charge in [-0.3, -0.25) is 9.59 Å². The molecule has 1 aromatic heterocycles. The lowest BCUT2D eigenvalue weighted by atomic mass is 9.47. The van der Waals surface area contributed by atoms with E-state index in [-0.39, 0.29) is 16.8 Å². The molecule has 26 heavy (non-hydrogen) atoms. The van der Waals surface area contributed by atoms with Crippen LogP contribution in [0.3, 0.4) is 0 Å². The Labute approximate surface area is 152 Å². The van der Waals surface area contributed by atoms with Crippen LogP contribution in [0.4, 0.5) is 0 Å². The maximum atomic E-state index is 13.0. The summed E-state index contributed by atoms with van der Waals surface area (Å²) in [6.07, 6.45) is 9.39. The SMILES string of the molecule is O=C(CCC12CC3CC(CC(O)(C3)C1)C2)c1cccc2c(=O)[nH]ccc12. The van der Waals surface area contributed by atoms with Crippen molar-refractivity contribution >= 4 is 16.6 Å². The highest BCUT2D eigenvalue weighted by Gasteiger charge is 2.56. The fraction of sp³-hybridized carbons (Fsp3) is 0.545. The van der Waals surface area contributed by atoms with E-state index in [0.29, 0.717) is 29.2 Å². The smallest absolute Gasteiger partial charge is 0.255 e. The number of aromatic nitrogens is 1. The number of H-pyrrole nitrogens is 1. The van der Waals surface area contributed by atoms with Crippen LogP contribution in [0.15, 0.2) is 35.3 Å². The van der Waals surface area contributed by atoms with E-state index in [1.165, 1.54) is 19.3 Å². The van der Waals surface area contributed by atoms with Crippen molar-refractivity contribution in [3.63, 3.8) is 0 Å². The molecule has 4 heteroatoms. The molecular weight excluding hydrogens is 326 g/mol. The molecule has 4 bridgehead atoms. The fourth-order valence-electron chi connectivity index (χ4n) is 6.67. The molecule has 0 spiro atoms. The maximum Gasteiger partial charge on any atom is 0.255 e. The summed E-state index contributed by atoms with van der Waals surface area (Å²) in [5, 5.41) is 12.2. The van der Waals surface area contributed by atoms with Crippen LogP contribution < -0.4 is 5.56 Å². The second-order valence-corrected chi connectivity index (χ2v) is 9.18. The maximum absolute atomic E-state index is 13.0. The van der Waals surface area contributed by atoms with Crippen molar-refractivity contribution in [3.8, 4) is 0 Å². The second kappa shape index (κ2) is 5.53. The van der Waals surface area contributed by atoms with E-state index in [2.05, 4.69) is 4.98 Å². The molecule has 4 aliphatic carbocycles. The molecule has 6 rings (SSSR count). The zero-order chi connectivity index (χ0) is 17.9. The highest BCUT2D eigenvalue weighted by atomic mass is 16.3. The molecule has 2 atom stereocenters. The van der Waals surface area contributed by atoms with Crippen molar-refractivity contribution in [1.29, 1.82) is 0 Å². The summed E-state index contributed by atoms with van der Waals surface area (Å²) in [6.45, 7) is 0. The highest BCUT2D eigenvalue weighted by molar-refractivity contribution is 6.07. The van der Waals surface area contributed by atoms with Crippen LogP contribution >= 0.6 is 0 Å². The zero-order valence-corrected chi connectivity index (χ0v) is 15.0. The van der Waals surface area contributed by atoms with Crippen molar-refractivity contribution < 1.29 is 9.90 Å². The summed E-state index contributed by atoms with van der Waals surface area (Å²) < 4.78 is 0. The van der Waals surface area contributed by atoms with Crippen LogP contribution in [0.1, 0.15) is 61.7 Å². The number of benzene rings is 1. The summed E-state index contributed by atoms with van der Waals surface area (Å²) >= 11 is 0. The Morgan fingerprint density at radius 2 is 1.88 bits per heavy atom. The molecule has 1 aromatic carbocycles. The number of hydrogen-bond acceptors (Lipinski definition) is 3. The van der Waals surface area contributed by atoms with Gasteiger partial charge in [0, 0.05) is 23.6 Å². The Morgan fingerprint density at radius 1 is 1.12 bits per heavy atom. The number of aromatic amines is 1. The largest absolute Gasteiger partial charge is 0.390 e. The molecule has 2 aromatic rings. The normalized spacial score (nSPS) is 35.1. The number of ketones is 1. The number of nitrogens with one attached hydrogen (secondary N) is 1. The third-order valence-electron chi connectivity index (χ3n) is 7.15. The van der Waals surface area contributed by atoms with Gasteiger partial charge in [-0.15, -0.1) is 0 Å². The monoisotopic (exact) mass is 351 g/mol. The van der Waals surface area contributed by atoms with Crippen LogP contribution in [0.2, 0.25) is 0 Å². The van der Waals surface area contributed by atoms with Crippen LogP contribution in [-0.2, 0) is 0 Å². The van der Waals surface area contributed by atoms with Crippen molar-refractivity contribution in [1.82, 2.24) is 4.98 Å². The van der Waals surface area contributed by atoms with E-state index >= 15 is 0 Å². The molecule has 0 radical (unpaired) electrons. The van der Waals surface area contributed by atoms with Gasteiger partial charge < -0.3 is 10.1 Å². The van der Waals surface area contributed by atoms with Gasteiger partial charge in [-0.1, -0.05) is 12.1 Å². The summed E-state index contributed by atoms with van der Waals surface area (Å²) in [5.41, 5.74) is 0.175. The minimum atomic E-state index is -0.472. The Bertz CT molecular complexity index is 930. The van der Waals surface area contributed by atoms with Crippen LogP contribution in [0, 0.1) is 17.3 Å². The molecule has 0 aliphatic heterocycles. The first-order chi connectivity index (χ1) is 12.5. The first-order valence-corrected chi connectivity index (χ1v) is 9.81. The Balaban J connectivity index is 1.39. The van der Waals surface area contributed by atoms with E-state index in [1.54, 1.807) is 18.3 Å². The number of carbonyl (C=O) groups is 1. The topological polar surface area (TPSA) is 70.2 Å². The number of carbonyl (C=O) groups excluding carboxylic acids is 1. The van der Waals surface area contributed by atoms with Crippen molar-refractivity contribution in [2.24, 2.45) is 17.3 Å². The molecule has 0 saturated heterocycles. The average Bonchev–Trinajstić information content (AvgIpc) is 2.57. The number of Topliss-reactive ketones (excluding diaryl/α,β-unsaturated/α-hetero) is 1. The van der Waals surface area contributed by atoms with E-state index in [1.807, 2.05) is 12.1 Å². The van der Waals surface area contributed by atoms with Gasteiger partial charge in [-0.2, -0.15) is 0 Å². The minimum absolute atomic E-state index is 0.115. The lowest BCUT2D eigenvalue weighted by molar-refractivity contribution is -0.165. The zero-order valence-electron chi connectivity index (χ0n) is 15.0. The van der Waals surface area contributed by atoms with Crippen LogP contribution in [0.5, 0.6) is 0 Å². The predicted molar refractivity (Wildman–Crippen MR) is 100 cm³/mol. The third kappa shape index (κ3) is 2.54. The van der Waals surface area contributed by atoms with Crippen molar-refractivity contribution in [2.75, 3.05) is 0 Å². The number of fused-ring (bicyclic) bond motifs is 1. The number of hydrogen-bond donors (Lipinski definition) is 2. The van der Waals surface area contributed by atoms with E-state index in [9.17, 15) is 14.7 Å². The molecule has 0 amide bonds. The molecule has 136 valence electrons. The molecule has 1 heterocycles. The fourth-order valence-corrected chi connectivity index (χ4v) is 6.67. The molecule has 4 saturated carbocycles. The lowest BCUT2D eigenvalue weighted by Gasteiger charge is -2.60. The summed E-state index contributed by atoms with van der Waals surface area (Å²) in [6, 6.07) is 7.20. The van der Waals surface area contributed by atoms with Gasteiger partial charge in [0.25, 0.3) is 5.56 Å². The lowest BCUT2D eigenvalue weighted by Crippen LogP contribution is -2.55. The number of aliphatic hydroxyl groups is 1. The summed E-state index contributed by atoms with van der Waals surface area (Å²) in [4.78, 5) is 27.6. The van der Waals surface area contributed by atoms with E-state index in [0.717, 1.165) is 31.1 Å². The Hall–Kier alpha value is -1.94. The molecule has 2 unspecified atom stereocenters. The average molecular weight is 351 g/mol. The standard InChI is InChI=1S/C22H25NO3/c24-19(17-2-1-3-18-16(17)5-7-23-20(18)25)4-6-21-9-14-8-15(10-21)12-22(26,11-14)13-21/h1-3,5,7,14-15,26H,4,6,8-13H2,(H,23,25). The van der Waals surface area contributed by atoms with Gasteiger partial charge in [0.05, 0.1) is 5.60 Å². The first-order valence-electron chi connectivity index (χ1n) is 9.81. The van der Waals surface area contributed by atoms with Gasteiger partial charge >= 0.3 is 0 Å². The molecule has 2 N–H and O–H groups in total. The van der Waals surface area contributed by atoms with Gasteiger partial charge in [0.1, 0.15) is 0 Å². The van der Waals surface area contributed by atoms with Crippen LogP contribution in [-0.4, -0.2) is 21.5 Å². The molecule has 4 aliphatic rings. The molecule has 4 nitrogen and oxygen atoms in total. The van der Waals surface area contributed by atoms with Crippen molar-refractivity contribution in [3.05, 3.63) is 46.4 Å². The molecule has 4 fully saturated rings. The van der Waals surface area contributed by atoms with E-state index < -0.39 is 5.60 Å². The minimum Gasteiger partial charge on any atom is -0.390 e. The predicted octanol–water partition coefficient (Wildman–Crippen LogP) is 3.82. The van der Waals surface area contributed by atoms with E-state index in [4.69, 9.17) is 0 Å². The van der Waals surface area contributed by atoms with Gasteiger partial charge in [-0.05, 0) is 79.7 Å². The van der Waals surface area contributed by atoms with Gasteiger partial charge in [0.15, 0.2) is 5.78 Å². The summed E-state index contributed by atoms with van der Waals surface area (Å²) in [7, 11) is 0. The Morgan fingerprint density at radius 3 is 2.62 bits per heavy atom. The Kier molecular flexibility index (Phi) is 3.45. The number of pyridine rings is 1. The number of rotatable bonds is 4. The first kappa shape index (κ1) is 16.2. The van der Waals surface area contributed by atoms with Gasteiger partial charge in [-0.25, -0.2) is 0 Å².